The maximum Gasteiger partial charge on any atom is 0.317 e. The summed E-state index contributed by atoms with van der Waals surface area (Å²) in [6.07, 6.45) is 5.57. The Morgan fingerprint density at radius 3 is 2.20 bits per heavy atom. The lowest BCUT2D eigenvalue weighted by molar-refractivity contribution is -0.150. The second kappa shape index (κ2) is 6.02. The molecular formula is C15H26N2O3. The van der Waals surface area contributed by atoms with Crippen LogP contribution in [0.25, 0.3) is 0 Å². The number of carbonyl (C=O) groups excluding carboxylic acids is 1. The van der Waals surface area contributed by atoms with Gasteiger partial charge in [-0.2, -0.15) is 0 Å². The first-order valence-corrected chi connectivity index (χ1v) is 7.69. The van der Waals surface area contributed by atoms with E-state index in [2.05, 4.69) is 12.2 Å². The van der Waals surface area contributed by atoms with Crippen molar-refractivity contribution >= 4 is 12.0 Å². The minimum atomic E-state index is -0.751. The Hall–Kier alpha value is -1.26. The zero-order valence-electron chi connectivity index (χ0n) is 12.5. The summed E-state index contributed by atoms with van der Waals surface area (Å²) in [7, 11) is 0. The minimum Gasteiger partial charge on any atom is -0.481 e. The van der Waals surface area contributed by atoms with E-state index in [1.807, 2.05) is 0 Å². The lowest BCUT2D eigenvalue weighted by Crippen LogP contribution is -2.51. The predicted molar refractivity (Wildman–Crippen MR) is 76.5 cm³/mol. The number of carboxylic acids is 1. The van der Waals surface area contributed by atoms with Crippen molar-refractivity contribution in [2.45, 2.75) is 58.4 Å². The number of likely N-dealkylation sites (tertiary alicyclic amines) is 1. The molecule has 2 fully saturated rings. The Kier molecular flexibility index (Phi) is 4.55. The van der Waals surface area contributed by atoms with Gasteiger partial charge in [0, 0.05) is 19.1 Å². The Balaban J connectivity index is 1.79. The van der Waals surface area contributed by atoms with Gasteiger partial charge in [0.05, 0.1) is 5.41 Å². The lowest BCUT2D eigenvalue weighted by Gasteiger charge is -2.37. The number of amides is 2. The number of piperidine rings is 1. The fourth-order valence-electron chi connectivity index (χ4n) is 3.09. The van der Waals surface area contributed by atoms with Gasteiger partial charge in [-0.3, -0.25) is 4.79 Å². The molecule has 5 nitrogen and oxygen atoms in total. The zero-order chi connectivity index (χ0) is 14.8. The normalized spacial score (nSPS) is 29.8. The summed E-state index contributed by atoms with van der Waals surface area (Å²) in [5, 5.41) is 12.3. The Morgan fingerprint density at radius 2 is 1.70 bits per heavy atom. The van der Waals surface area contributed by atoms with Crippen LogP contribution < -0.4 is 5.32 Å². The molecular weight excluding hydrogens is 256 g/mol. The average molecular weight is 282 g/mol. The molecule has 1 saturated carbocycles. The second-order valence-electron chi connectivity index (χ2n) is 6.76. The van der Waals surface area contributed by atoms with Gasteiger partial charge in [0.25, 0.3) is 0 Å². The van der Waals surface area contributed by atoms with Crippen molar-refractivity contribution < 1.29 is 14.7 Å². The van der Waals surface area contributed by atoms with E-state index in [-0.39, 0.29) is 6.03 Å². The van der Waals surface area contributed by atoms with Crippen molar-refractivity contribution in [3.8, 4) is 0 Å². The van der Waals surface area contributed by atoms with E-state index in [4.69, 9.17) is 0 Å². The van der Waals surface area contributed by atoms with Crippen LogP contribution in [0.1, 0.15) is 52.4 Å². The number of hydrogen-bond donors (Lipinski definition) is 2. The number of urea groups is 1. The fourth-order valence-corrected chi connectivity index (χ4v) is 3.09. The van der Waals surface area contributed by atoms with E-state index in [1.165, 1.54) is 12.8 Å². The molecule has 5 heteroatoms. The predicted octanol–water partition coefficient (Wildman–Crippen LogP) is 2.46. The minimum absolute atomic E-state index is 0.0167. The summed E-state index contributed by atoms with van der Waals surface area (Å²) in [6.45, 7) is 5.11. The molecule has 2 amide bonds. The number of carbonyl (C=O) groups is 2. The monoisotopic (exact) mass is 282 g/mol. The topological polar surface area (TPSA) is 69.6 Å². The first-order valence-electron chi connectivity index (χ1n) is 7.69. The fraction of sp³-hybridized carbons (Fsp3) is 0.867. The summed E-state index contributed by atoms with van der Waals surface area (Å²) in [5.74, 6) is 0.0215. The van der Waals surface area contributed by atoms with Crippen molar-refractivity contribution in [2.75, 3.05) is 13.1 Å². The highest BCUT2D eigenvalue weighted by molar-refractivity contribution is 5.77. The summed E-state index contributed by atoms with van der Waals surface area (Å²) in [6, 6.07) is 0.281. The van der Waals surface area contributed by atoms with Crippen LogP contribution >= 0.6 is 0 Å². The number of nitrogens with one attached hydrogen (secondary N) is 1. The van der Waals surface area contributed by atoms with Crippen molar-refractivity contribution in [1.29, 1.82) is 0 Å². The molecule has 20 heavy (non-hydrogen) atoms. The lowest BCUT2D eigenvalue weighted by atomic mass is 9.80. The van der Waals surface area contributed by atoms with Crippen LogP contribution in [0.2, 0.25) is 0 Å². The molecule has 0 aromatic rings. The molecule has 0 atom stereocenters. The standard InChI is InChI=1S/C15H26N2O3/c1-11-3-5-12(6-4-11)16-14(20)17-9-7-15(2,8-10-17)13(18)19/h11-12H,3-10H2,1-2H3,(H,16,20)(H,18,19). The summed E-state index contributed by atoms with van der Waals surface area (Å²) in [4.78, 5) is 25.1. The van der Waals surface area contributed by atoms with E-state index >= 15 is 0 Å². The Morgan fingerprint density at radius 1 is 1.15 bits per heavy atom. The summed E-state index contributed by atoms with van der Waals surface area (Å²) in [5.41, 5.74) is -0.670. The van der Waals surface area contributed by atoms with Gasteiger partial charge in [-0.05, 0) is 51.4 Å². The third-order valence-electron chi connectivity index (χ3n) is 5.01. The summed E-state index contributed by atoms with van der Waals surface area (Å²) < 4.78 is 0. The number of nitrogens with zero attached hydrogens (tertiary/aromatic N) is 1. The third-order valence-corrected chi connectivity index (χ3v) is 5.01. The molecule has 2 aliphatic rings. The molecule has 1 aliphatic carbocycles. The van der Waals surface area contributed by atoms with E-state index in [1.54, 1.807) is 11.8 Å². The molecule has 2 rings (SSSR count). The third kappa shape index (κ3) is 3.44. The molecule has 0 spiro atoms. The van der Waals surface area contributed by atoms with Crippen molar-refractivity contribution in [2.24, 2.45) is 11.3 Å². The summed E-state index contributed by atoms with van der Waals surface area (Å²) >= 11 is 0. The van der Waals surface area contributed by atoms with E-state index < -0.39 is 11.4 Å². The van der Waals surface area contributed by atoms with E-state index in [9.17, 15) is 14.7 Å². The van der Waals surface area contributed by atoms with E-state index in [0.29, 0.717) is 32.0 Å². The Labute approximate surface area is 120 Å². The van der Waals surface area contributed by atoms with Crippen LogP contribution in [0.5, 0.6) is 0 Å². The highest BCUT2D eigenvalue weighted by atomic mass is 16.4. The van der Waals surface area contributed by atoms with Gasteiger partial charge in [-0.15, -0.1) is 0 Å². The highest BCUT2D eigenvalue weighted by Crippen LogP contribution is 2.31. The smallest absolute Gasteiger partial charge is 0.317 e. The van der Waals surface area contributed by atoms with Crippen LogP contribution in [-0.4, -0.2) is 41.1 Å². The van der Waals surface area contributed by atoms with Crippen LogP contribution in [0.15, 0.2) is 0 Å². The number of hydrogen-bond acceptors (Lipinski definition) is 2. The maximum atomic E-state index is 12.2. The Bertz CT molecular complexity index is 367. The quantitative estimate of drug-likeness (QED) is 0.817. The molecule has 1 heterocycles. The van der Waals surface area contributed by atoms with Gasteiger partial charge >= 0.3 is 12.0 Å². The van der Waals surface area contributed by atoms with Gasteiger partial charge in [-0.25, -0.2) is 4.79 Å². The van der Waals surface area contributed by atoms with Gasteiger partial charge in [0.1, 0.15) is 0 Å². The molecule has 0 unspecified atom stereocenters. The van der Waals surface area contributed by atoms with Crippen molar-refractivity contribution in [1.82, 2.24) is 10.2 Å². The number of aliphatic carboxylic acids is 1. The molecule has 2 N–H and O–H groups in total. The second-order valence-corrected chi connectivity index (χ2v) is 6.76. The van der Waals surface area contributed by atoms with Gasteiger partial charge in [-0.1, -0.05) is 6.92 Å². The molecule has 0 aromatic carbocycles. The first kappa shape index (κ1) is 15.1. The highest BCUT2D eigenvalue weighted by Gasteiger charge is 2.38. The molecule has 0 aromatic heterocycles. The van der Waals surface area contributed by atoms with Gasteiger partial charge < -0.3 is 15.3 Å². The van der Waals surface area contributed by atoms with Gasteiger partial charge in [0.15, 0.2) is 0 Å². The van der Waals surface area contributed by atoms with Crippen LogP contribution in [0, 0.1) is 11.3 Å². The number of carboxylic acid groups (broad SMARTS) is 1. The largest absolute Gasteiger partial charge is 0.481 e. The van der Waals surface area contributed by atoms with Crippen LogP contribution in [0.4, 0.5) is 4.79 Å². The van der Waals surface area contributed by atoms with Crippen molar-refractivity contribution in [3.63, 3.8) is 0 Å². The van der Waals surface area contributed by atoms with Gasteiger partial charge in [0.2, 0.25) is 0 Å². The van der Waals surface area contributed by atoms with Crippen LogP contribution in [0.3, 0.4) is 0 Å². The SMILES string of the molecule is CC1CCC(NC(=O)N2CCC(C)(C(=O)O)CC2)CC1. The van der Waals surface area contributed by atoms with Crippen molar-refractivity contribution in [3.05, 3.63) is 0 Å². The van der Waals surface area contributed by atoms with Crippen LogP contribution in [-0.2, 0) is 4.79 Å². The molecule has 1 saturated heterocycles. The zero-order valence-corrected chi connectivity index (χ0v) is 12.5. The van der Waals surface area contributed by atoms with E-state index in [0.717, 1.165) is 18.8 Å². The molecule has 0 bridgehead atoms. The molecule has 114 valence electrons. The average Bonchev–Trinajstić information content (AvgIpc) is 2.42. The maximum absolute atomic E-state index is 12.2. The number of rotatable bonds is 2. The molecule has 1 aliphatic heterocycles. The molecule has 0 radical (unpaired) electrons. The first-order chi connectivity index (χ1) is 9.40.